The Bertz CT molecular complexity index is 1310. The van der Waals surface area contributed by atoms with Crippen molar-refractivity contribution in [3.05, 3.63) is 71.0 Å². The highest BCUT2D eigenvalue weighted by Gasteiger charge is 2.23. The van der Waals surface area contributed by atoms with Crippen LogP contribution in [-0.4, -0.2) is 55.8 Å². The number of anilines is 1. The molecule has 1 aliphatic heterocycles. The van der Waals surface area contributed by atoms with E-state index in [0.717, 1.165) is 21.6 Å². The maximum absolute atomic E-state index is 12.9. The number of para-hydroxylation sites is 1. The van der Waals surface area contributed by atoms with E-state index in [4.69, 9.17) is 0 Å². The summed E-state index contributed by atoms with van der Waals surface area (Å²) in [5.41, 5.74) is 2.64. The number of piperidine rings is 1. The van der Waals surface area contributed by atoms with Gasteiger partial charge in [0.1, 0.15) is 10.5 Å². The largest absolute Gasteiger partial charge is 0.393 e. The molecule has 1 saturated heterocycles. The number of hydrogen-bond donors (Lipinski definition) is 2. The Morgan fingerprint density at radius 1 is 1.12 bits per heavy atom. The number of aliphatic hydroxyl groups is 1. The first-order valence-electron chi connectivity index (χ1n) is 10.8. The SMILES string of the molecule is Cc1nn(-c2ccccc2)c2sc(C(=O)Nc3ccc(C(=O)N4CCC(O)CC4)nc3)cc12. The van der Waals surface area contributed by atoms with Gasteiger partial charge >= 0.3 is 0 Å². The number of pyridine rings is 1. The van der Waals surface area contributed by atoms with E-state index in [0.29, 0.717) is 42.2 Å². The number of fused-ring (bicyclic) bond motifs is 1. The van der Waals surface area contributed by atoms with Crippen molar-refractivity contribution in [3.8, 4) is 5.69 Å². The first-order chi connectivity index (χ1) is 16.0. The van der Waals surface area contributed by atoms with Crippen molar-refractivity contribution in [1.82, 2.24) is 19.7 Å². The molecular weight excluding hydrogens is 438 g/mol. The number of aromatic nitrogens is 3. The predicted octanol–water partition coefficient (Wildman–Crippen LogP) is 3.64. The van der Waals surface area contributed by atoms with Crippen molar-refractivity contribution in [3.63, 3.8) is 0 Å². The molecule has 3 aromatic heterocycles. The lowest BCUT2D eigenvalue weighted by molar-refractivity contribution is 0.0541. The van der Waals surface area contributed by atoms with Crippen LogP contribution in [0.2, 0.25) is 0 Å². The molecular formula is C24H23N5O3S. The average molecular weight is 462 g/mol. The van der Waals surface area contributed by atoms with Gasteiger partial charge in [-0.1, -0.05) is 18.2 Å². The van der Waals surface area contributed by atoms with E-state index in [1.807, 2.05) is 48.0 Å². The number of rotatable bonds is 4. The van der Waals surface area contributed by atoms with Crippen LogP contribution in [0.15, 0.2) is 54.7 Å². The standard InChI is InChI=1S/C24H23N5O3S/c1-15-19-13-21(33-24(19)29(27-15)17-5-3-2-4-6-17)22(31)26-16-7-8-20(25-14-16)23(32)28-11-9-18(30)10-12-28/h2-8,13-14,18,30H,9-12H2,1H3,(H,26,31). The van der Waals surface area contributed by atoms with Crippen LogP contribution in [-0.2, 0) is 0 Å². The lowest BCUT2D eigenvalue weighted by Gasteiger charge is -2.29. The fraction of sp³-hybridized carbons (Fsp3) is 0.250. The second-order valence-electron chi connectivity index (χ2n) is 8.07. The molecule has 4 heterocycles. The molecule has 0 radical (unpaired) electrons. The lowest BCUT2D eigenvalue weighted by atomic mass is 10.1. The zero-order chi connectivity index (χ0) is 22.9. The first kappa shape index (κ1) is 21.3. The average Bonchev–Trinajstić information content (AvgIpc) is 3.41. The van der Waals surface area contributed by atoms with Gasteiger partial charge in [-0.3, -0.25) is 9.59 Å². The second-order valence-corrected chi connectivity index (χ2v) is 9.10. The van der Waals surface area contributed by atoms with E-state index < -0.39 is 0 Å². The van der Waals surface area contributed by atoms with Gasteiger partial charge in [-0.15, -0.1) is 11.3 Å². The van der Waals surface area contributed by atoms with E-state index in [-0.39, 0.29) is 17.9 Å². The molecule has 5 rings (SSSR count). The quantitative estimate of drug-likeness (QED) is 0.483. The molecule has 2 N–H and O–H groups in total. The van der Waals surface area contributed by atoms with Crippen LogP contribution in [0.4, 0.5) is 5.69 Å². The number of hydrogen-bond acceptors (Lipinski definition) is 6. The highest BCUT2D eigenvalue weighted by Crippen LogP contribution is 2.30. The smallest absolute Gasteiger partial charge is 0.272 e. The number of nitrogens with one attached hydrogen (secondary N) is 1. The Hall–Kier alpha value is -3.56. The highest BCUT2D eigenvalue weighted by molar-refractivity contribution is 7.20. The molecule has 0 unspecified atom stereocenters. The summed E-state index contributed by atoms with van der Waals surface area (Å²) in [6.07, 6.45) is 2.31. The third-order valence-electron chi connectivity index (χ3n) is 5.76. The molecule has 2 amide bonds. The third-order valence-corrected chi connectivity index (χ3v) is 6.87. The number of carbonyl (C=O) groups is 2. The van der Waals surface area contributed by atoms with Crippen LogP contribution < -0.4 is 5.32 Å². The third kappa shape index (κ3) is 4.24. The van der Waals surface area contributed by atoms with E-state index in [1.165, 1.54) is 17.5 Å². The number of amides is 2. The number of aryl methyl sites for hydroxylation is 1. The summed E-state index contributed by atoms with van der Waals surface area (Å²) < 4.78 is 1.85. The molecule has 1 aliphatic rings. The molecule has 1 fully saturated rings. The molecule has 0 spiro atoms. The minimum atomic E-state index is -0.340. The number of thiophene rings is 1. The summed E-state index contributed by atoms with van der Waals surface area (Å²) in [5.74, 6) is -0.397. The molecule has 8 nitrogen and oxygen atoms in total. The van der Waals surface area contributed by atoms with Crippen molar-refractivity contribution < 1.29 is 14.7 Å². The fourth-order valence-corrected chi connectivity index (χ4v) is 5.00. The predicted molar refractivity (Wildman–Crippen MR) is 127 cm³/mol. The summed E-state index contributed by atoms with van der Waals surface area (Å²) in [4.78, 5) is 32.9. The molecule has 168 valence electrons. The zero-order valence-electron chi connectivity index (χ0n) is 18.1. The Morgan fingerprint density at radius 2 is 1.88 bits per heavy atom. The number of likely N-dealkylation sites (tertiary alicyclic amines) is 1. The lowest BCUT2D eigenvalue weighted by Crippen LogP contribution is -2.40. The highest BCUT2D eigenvalue weighted by atomic mass is 32.1. The van der Waals surface area contributed by atoms with Gasteiger partial charge in [0, 0.05) is 18.5 Å². The van der Waals surface area contributed by atoms with Crippen LogP contribution in [0.5, 0.6) is 0 Å². The Balaban J connectivity index is 1.31. The maximum Gasteiger partial charge on any atom is 0.272 e. The van der Waals surface area contributed by atoms with Gasteiger partial charge < -0.3 is 15.3 Å². The van der Waals surface area contributed by atoms with Gasteiger partial charge in [-0.05, 0) is 50.1 Å². The molecule has 0 bridgehead atoms. The van der Waals surface area contributed by atoms with Crippen molar-refractivity contribution >= 4 is 39.1 Å². The van der Waals surface area contributed by atoms with Crippen LogP contribution in [0, 0.1) is 6.92 Å². The summed E-state index contributed by atoms with van der Waals surface area (Å²) in [5, 5.41) is 18.0. The van der Waals surface area contributed by atoms with Crippen LogP contribution in [0.1, 0.15) is 38.7 Å². The van der Waals surface area contributed by atoms with E-state index in [1.54, 1.807) is 17.0 Å². The maximum atomic E-state index is 12.9. The van der Waals surface area contributed by atoms with Crippen LogP contribution in [0.25, 0.3) is 15.9 Å². The molecule has 0 aliphatic carbocycles. The van der Waals surface area contributed by atoms with Crippen molar-refractivity contribution in [2.75, 3.05) is 18.4 Å². The van der Waals surface area contributed by atoms with Gasteiger partial charge in [0.15, 0.2) is 0 Å². The topological polar surface area (TPSA) is 100 Å². The van der Waals surface area contributed by atoms with E-state index >= 15 is 0 Å². The van der Waals surface area contributed by atoms with Gasteiger partial charge in [0.25, 0.3) is 11.8 Å². The minimum absolute atomic E-state index is 0.162. The molecule has 0 atom stereocenters. The Labute approximate surface area is 194 Å². The number of nitrogens with zero attached hydrogens (tertiary/aromatic N) is 4. The normalized spacial score (nSPS) is 14.5. The number of aliphatic hydroxyl groups excluding tert-OH is 1. The number of benzene rings is 1. The van der Waals surface area contributed by atoms with Gasteiger partial charge in [0.2, 0.25) is 0 Å². The molecule has 0 saturated carbocycles. The molecule has 33 heavy (non-hydrogen) atoms. The molecule has 4 aromatic rings. The van der Waals surface area contributed by atoms with E-state index in [2.05, 4.69) is 15.4 Å². The zero-order valence-corrected chi connectivity index (χ0v) is 18.9. The summed E-state index contributed by atoms with van der Waals surface area (Å²) in [6, 6.07) is 15.0. The van der Waals surface area contributed by atoms with Gasteiger partial charge in [-0.2, -0.15) is 5.10 Å². The summed E-state index contributed by atoms with van der Waals surface area (Å²) in [6.45, 7) is 2.97. The van der Waals surface area contributed by atoms with Gasteiger partial charge in [0.05, 0.1) is 34.2 Å². The minimum Gasteiger partial charge on any atom is -0.393 e. The van der Waals surface area contributed by atoms with Gasteiger partial charge in [-0.25, -0.2) is 9.67 Å². The number of carbonyl (C=O) groups excluding carboxylic acids is 2. The van der Waals surface area contributed by atoms with Crippen LogP contribution in [0.3, 0.4) is 0 Å². The molecule has 9 heteroatoms. The van der Waals surface area contributed by atoms with Crippen molar-refractivity contribution in [2.24, 2.45) is 0 Å². The first-order valence-corrected chi connectivity index (χ1v) is 11.6. The van der Waals surface area contributed by atoms with E-state index in [9.17, 15) is 14.7 Å². The Kier molecular flexibility index (Phi) is 5.65. The van der Waals surface area contributed by atoms with Crippen molar-refractivity contribution in [2.45, 2.75) is 25.9 Å². The Morgan fingerprint density at radius 3 is 2.58 bits per heavy atom. The van der Waals surface area contributed by atoms with Crippen molar-refractivity contribution in [1.29, 1.82) is 0 Å². The second kappa shape index (κ2) is 8.76. The summed E-state index contributed by atoms with van der Waals surface area (Å²) in [7, 11) is 0. The summed E-state index contributed by atoms with van der Waals surface area (Å²) >= 11 is 1.38. The van der Waals surface area contributed by atoms with Crippen LogP contribution >= 0.6 is 11.3 Å². The monoisotopic (exact) mass is 461 g/mol. The molecule has 1 aromatic carbocycles. The fourth-order valence-electron chi connectivity index (χ4n) is 3.92.